The van der Waals surface area contributed by atoms with Crippen LogP contribution in [-0.4, -0.2) is 15.3 Å². The molecule has 0 unspecified atom stereocenters. The topological polar surface area (TPSA) is 66.0 Å². The lowest BCUT2D eigenvalue weighted by molar-refractivity contribution is 0.468. The zero-order valence-electron chi connectivity index (χ0n) is 7.87. The summed E-state index contributed by atoms with van der Waals surface area (Å²) < 4.78 is 1.12. The fourth-order valence-corrected chi connectivity index (χ4v) is 2.41. The number of phenolic OH excluding ortho intramolecular Hbond substituents is 1. The minimum Gasteiger partial charge on any atom is -0.506 e. The van der Waals surface area contributed by atoms with Gasteiger partial charge in [-0.3, -0.25) is 4.79 Å². The summed E-state index contributed by atoms with van der Waals surface area (Å²) in [5.41, 5.74) is 1.16. The highest BCUT2D eigenvalue weighted by atomic mass is 79.9. The summed E-state index contributed by atoms with van der Waals surface area (Å²) in [5.74, 6) is 0.133. The van der Waals surface area contributed by atoms with Gasteiger partial charge in [-0.1, -0.05) is 0 Å². The summed E-state index contributed by atoms with van der Waals surface area (Å²) in [7, 11) is 0. The van der Waals surface area contributed by atoms with Gasteiger partial charge in [0.2, 0.25) is 0 Å². The molecule has 0 aliphatic rings. The van der Waals surface area contributed by atoms with E-state index in [-0.39, 0.29) is 11.3 Å². The summed E-state index contributed by atoms with van der Waals surface area (Å²) in [6, 6.07) is 6.46. The number of H-pyrrole nitrogens is 1. The van der Waals surface area contributed by atoms with Crippen molar-refractivity contribution in [1.82, 2.24) is 10.2 Å². The van der Waals surface area contributed by atoms with Gasteiger partial charge in [0, 0.05) is 11.6 Å². The molecular formula is C10H6Br2N2O2. The Balaban J connectivity index is 2.56. The van der Waals surface area contributed by atoms with Gasteiger partial charge in [0.05, 0.1) is 14.6 Å². The molecule has 1 heterocycles. The molecular weight excluding hydrogens is 340 g/mol. The first-order valence-electron chi connectivity index (χ1n) is 4.32. The fourth-order valence-electron chi connectivity index (χ4n) is 1.22. The lowest BCUT2D eigenvalue weighted by atomic mass is 10.1. The van der Waals surface area contributed by atoms with Crippen LogP contribution in [0.2, 0.25) is 0 Å². The van der Waals surface area contributed by atoms with Gasteiger partial charge in [-0.15, -0.1) is 0 Å². The summed E-state index contributed by atoms with van der Waals surface area (Å²) in [6.07, 6.45) is 0. The lowest BCUT2D eigenvalue weighted by Crippen LogP contribution is -2.05. The molecule has 4 nitrogen and oxygen atoms in total. The van der Waals surface area contributed by atoms with Crippen molar-refractivity contribution in [2.24, 2.45) is 0 Å². The predicted octanol–water partition coefficient (Wildman–Crippen LogP) is 2.67. The normalized spacial score (nSPS) is 10.4. The van der Waals surface area contributed by atoms with E-state index in [0.717, 1.165) is 5.56 Å². The van der Waals surface area contributed by atoms with E-state index >= 15 is 0 Å². The summed E-state index contributed by atoms with van der Waals surface area (Å²) >= 11 is 6.46. The molecule has 0 saturated carbocycles. The Morgan fingerprint density at radius 1 is 1.19 bits per heavy atom. The van der Waals surface area contributed by atoms with Crippen LogP contribution < -0.4 is 5.56 Å². The molecule has 1 aromatic carbocycles. The van der Waals surface area contributed by atoms with Gasteiger partial charge in [0.15, 0.2) is 0 Å². The maximum absolute atomic E-state index is 10.9. The number of nitrogens with one attached hydrogen (secondary N) is 1. The van der Waals surface area contributed by atoms with E-state index in [1.54, 1.807) is 18.2 Å². The van der Waals surface area contributed by atoms with Crippen LogP contribution in [0.5, 0.6) is 5.75 Å². The maximum Gasteiger partial charge on any atom is 0.264 e. The van der Waals surface area contributed by atoms with Crippen LogP contribution in [-0.2, 0) is 0 Å². The van der Waals surface area contributed by atoms with Gasteiger partial charge < -0.3 is 5.11 Å². The highest BCUT2D eigenvalue weighted by Crippen LogP contribution is 2.35. The second kappa shape index (κ2) is 4.39. The molecule has 0 saturated heterocycles. The fraction of sp³-hybridized carbons (Fsp3) is 0. The van der Waals surface area contributed by atoms with E-state index in [1.165, 1.54) is 6.07 Å². The van der Waals surface area contributed by atoms with Crippen molar-refractivity contribution in [3.8, 4) is 17.0 Å². The summed E-state index contributed by atoms with van der Waals surface area (Å²) in [6.45, 7) is 0. The van der Waals surface area contributed by atoms with E-state index < -0.39 is 0 Å². The number of halogens is 2. The molecule has 0 spiro atoms. The molecule has 6 heteroatoms. The number of hydrogen-bond donors (Lipinski definition) is 2. The van der Waals surface area contributed by atoms with Crippen LogP contribution in [0.25, 0.3) is 11.3 Å². The molecule has 2 N–H and O–H groups in total. The zero-order valence-corrected chi connectivity index (χ0v) is 11.0. The Morgan fingerprint density at radius 3 is 2.31 bits per heavy atom. The highest BCUT2D eigenvalue weighted by Gasteiger charge is 2.08. The van der Waals surface area contributed by atoms with Crippen LogP contribution >= 0.6 is 31.9 Å². The lowest BCUT2D eigenvalue weighted by Gasteiger charge is -2.04. The monoisotopic (exact) mass is 344 g/mol. The predicted molar refractivity (Wildman–Crippen MR) is 67.4 cm³/mol. The molecule has 82 valence electrons. The highest BCUT2D eigenvalue weighted by molar-refractivity contribution is 9.11. The zero-order chi connectivity index (χ0) is 11.7. The Hall–Kier alpha value is -1.14. The van der Waals surface area contributed by atoms with Gasteiger partial charge in [-0.25, -0.2) is 5.10 Å². The molecule has 0 aliphatic heterocycles. The number of phenols is 1. The van der Waals surface area contributed by atoms with Gasteiger partial charge in [0.25, 0.3) is 5.56 Å². The number of nitrogens with zero attached hydrogens (tertiary/aromatic N) is 1. The SMILES string of the molecule is O=c1ccc(-c2cc(Br)c(O)c(Br)c2)n[nH]1. The maximum atomic E-state index is 10.9. The molecule has 0 fully saturated rings. The van der Waals surface area contributed by atoms with Gasteiger partial charge in [0.1, 0.15) is 5.75 Å². The van der Waals surface area contributed by atoms with Crippen LogP contribution in [0, 0.1) is 0 Å². The Kier molecular flexibility index (Phi) is 3.11. The van der Waals surface area contributed by atoms with Crippen molar-refractivity contribution in [2.45, 2.75) is 0 Å². The number of aromatic amines is 1. The van der Waals surface area contributed by atoms with E-state index in [1.807, 2.05) is 0 Å². The summed E-state index contributed by atoms with van der Waals surface area (Å²) in [5, 5.41) is 15.8. The van der Waals surface area contributed by atoms with Crippen LogP contribution in [0.15, 0.2) is 38.0 Å². The largest absolute Gasteiger partial charge is 0.506 e. The van der Waals surface area contributed by atoms with E-state index in [4.69, 9.17) is 0 Å². The van der Waals surface area contributed by atoms with Crippen molar-refractivity contribution >= 4 is 31.9 Å². The van der Waals surface area contributed by atoms with Gasteiger partial charge >= 0.3 is 0 Å². The molecule has 2 aromatic rings. The minimum absolute atomic E-state index is 0.133. The van der Waals surface area contributed by atoms with E-state index in [2.05, 4.69) is 42.1 Å². The Morgan fingerprint density at radius 2 is 1.81 bits per heavy atom. The first-order valence-corrected chi connectivity index (χ1v) is 5.90. The average molecular weight is 346 g/mol. The van der Waals surface area contributed by atoms with E-state index in [0.29, 0.717) is 14.6 Å². The van der Waals surface area contributed by atoms with Crippen LogP contribution in [0.4, 0.5) is 0 Å². The quantitative estimate of drug-likeness (QED) is 0.835. The van der Waals surface area contributed by atoms with Gasteiger partial charge in [-0.05, 0) is 50.1 Å². The smallest absolute Gasteiger partial charge is 0.264 e. The molecule has 16 heavy (non-hydrogen) atoms. The third-order valence-corrected chi connectivity index (χ3v) is 3.20. The Labute approximate surface area is 108 Å². The molecule has 0 aliphatic carbocycles. The Bertz CT molecular complexity index is 552. The molecule has 0 atom stereocenters. The van der Waals surface area contributed by atoms with Crippen LogP contribution in [0.3, 0.4) is 0 Å². The molecule has 0 bridgehead atoms. The summed E-state index contributed by atoms with van der Waals surface area (Å²) in [4.78, 5) is 10.9. The van der Waals surface area contributed by atoms with E-state index in [9.17, 15) is 9.90 Å². The van der Waals surface area contributed by atoms with Crippen molar-refractivity contribution in [3.05, 3.63) is 43.6 Å². The second-order valence-electron chi connectivity index (χ2n) is 3.09. The molecule has 1 aromatic heterocycles. The molecule has 0 radical (unpaired) electrons. The first kappa shape index (κ1) is 11.3. The second-order valence-corrected chi connectivity index (χ2v) is 4.80. The number of aromatic hydroxyl groups is 1. The van der Waals surface area contributed by atoms with Crippen LogP contribution in [0.1, 0.15) is 0 Å². The van der Waals surface area contributed by atoms with Crippen molar-refractivity contribution in [3.63, 3.8) is 0 Å². The number of rotatable bonds is 1. The molecule has 2 rings (SSSR count). The van der Waals surface area contributed by atoms with Crippen molar-refractivity contribution < 1.29 is 5.11 Å². The number of benzene rings is 1. The third kappa shape index (κ3) is 2.17. The van der Waals surface area contributed by atoms with Gasteiger partial charge in [-0.2, -0.15) is 5.10 Å². The number of aromatic nitrogens is 2. The third-order valence-electron chi connectivity index (χ3n) is 1.99. The first-order chi connectivity index (χ1) is 7.58. The minimum atomic E-state index is -0.249. The standard InChI is InChI=1S/C10H6Br2N2O2/c11-6-3-5(4-7(12)10(6)16)8-1-2-9(15)14-13-8/h1-4,16H,(H,14,15). The number of hydrogen-bond acceptors (Lipinski definition) is 3. The van der Waals surface area contributed by atoms with Crippen molar-refractivity contribution in [2.75, 3.05) is 0 Å². The van der Waals surface area contributed by atoms with Crippen molar-refractivity contribution in [1.29, 1.82) is 0 Å². The average Bonchev–Trinajstić information content (AvgIpc) is 2.26. The molecule has 0 amide bonds.